The molecule has 1 unspecified atom stereocenters. The summed E-state index contributed by atoms with van der Waals surface area (Å²) in [6.07, 6.45) is 0. The van der Waals surface area contributed by atoms with E-state index in [1.54, 1.807) is 6.07 Å². The first-order chi connectivity index (χ1) is 12.0. The predicted molar refractivity (Wildman–Crippen MR) is 99.4 cm³/mol. The van der Waals surface area contributed by atoms with E-state index in [9.17, 15) is 9.59 Å². The first-order valence-electron chi connectivity index (χ1n) is 8.30. The van der Waals surface area contributed by atoms with Gasteiger partial charge in [0.15, 0.2) is 0 Å². The van der Waals surface area contributed by atoms with Crippen LogP contribution in [0.15, 0.2) is 54.6 Å². The molecule has 0 heterocycles. The van der Waals surface area contributed by atoms with Crippen LogP contribution >= 0.6 is 0 Å². The zero-order valence-electron chi connectivity index (χ0n) is 15.0. The van der Waals surface area contributed by atoms with Gasteiger partial charge < -0.3 is 15.5 Å². The summed E-state index contributed by atoms with van der Waals surface area (Å²) in [7, 11) is 3.92. The Bertz CT molecular complexity index is 714. The Kier molecular flexibility index (Phi) is 6.71. The van der Waals surface area contributed by atoms with Gasteiger partial charge in [-0.2, -0.15) is 0 Å². The van der Waals surface area contributed by atoms with E-state index in [0.29, 0.717) is 12.1 Å². The van der Waals surface area contributed by atoms with E-state index in [4.69, 9.17) is 0 Å². The van der Waals surface area contributed by atoms with Crippen LogP contribution in [0.4, 0.5) is 0 Å². The summed E-state index contributed by atoms with van der Waals surface area (Å²) >= 11 is 0. The summed E-state index contributed by atoms with van der Waals surface area (Å²) in [5.41, 5.74) is 2.51. The molecule has 2 rings (SSSR count). The van der Waals surface area contributed by atoms with E-state index in [0.717, 1.165) is 11.1 Å². The van der Waals surface area contributed by atoms with Gasteiger partial charge in [-0.05, 0) is 38.2 Å². The van der Waals surface area contributed by atoms with Crippen LogP contribution in [0.2, 0.25) is 0 Å². The standard InChI is InChI=1S/C20H25N3O2/c1-15-9-7-8-12-17(15)20(25)21-13-19(24)22-18(14-23(2)3)16-10-5-4-6-11-16/h4-12,18H,13-14H2,1-3H3,(H,21,25)(H,22,24). The molecule has 0 saturated carbocycles. The number of carbonyl (C=O) groups is 2. The van der Waals surface area contributed by atoms with Crippen LogP contribution in [-0.4, -0.2) is 43.9 Å². The summed E-state index contributed by atoms with van der Waals surface area (Å²) in [5.74, 6) is -0.449. The maximum absolute atomic E-state index is 12.3. The average Bonchev–Trinajstić information content (AvgIpc) is 2.60. The zero-order valence-corrected chi connectivity index (χ0v) is 15.0. The third kappa shape index (κ3) is 5.72. The number of nitrogens with zero attached hydrogens (tertiary/aromatic N) is 1. The number of rotatable bonds is 7. The predicted octanol–water partition coefficient (Wildman–Crippen LogP) is 2.14. The van der Waals surface area contributed by atoms with Gasteiger partial charge in [-0.3, -0.25) is 9.59 Å². The Morgan fingerprint density at radius 3 is 2.28 bits per heavy atom. The Morgan fingerprint density at radius 1 is 1.00 bits per heavy atom. The lowest BCUT2D eigenvalue weighted by Crippen LogP contribution is -2.41. The highest BCUT2D eigenvalue weighted by atomic mass is 16.2. The largest absolute Gasteiger partial charge is 0.346 e. The van der Waals surface area contributed by atoms with Crippen LogP contribution in [0.3, 0.4) is 0 Å². The third-order valence-electron chi connectivity index (χ3n) is 3.88. The van der Waals surface area contributed by atoms with Gasteiger partial charge in [0.05, 0.1) is 12.6 Å². The summed E-state index contributed by atoms with van der Waals surface area (Å²) in [5, 5.41) is 5.68. The normalized spacial score (nSPS) is 11.8. The molecule has 132 valence electrons. The van der Waals surface area contributed by atoms with Crippen molar-refractivity contribution in [3.05, 3.63) is 71.3 Å². The van der Waals surface area contributed by atoms with E-state index in [-0.39, 0.29) is 24.4 Å². The van der Waals surface area contributed by atoms with E-state index in [1.807, 2.05) is 74.4 Å². The Balaban J connectivity index is 1.95. The molecule has 0 fully saturated rings. The van der Waals surface area contributed by atoms with Crippen molar-refractivity contribution in [1.29, 1.82) is 0 Å². The topological polar surface area (TPSA) is 61.4 Å². The lowest BCUT2D eigenvalue weighted by molar-refractivity contribution is -0.121. The van der Waals surface area contributed by atoms with E-state index in [1.165, 1.54) is 0 Å². The fourth-order valence-corrected chi connectivity index (χ4v) is 2.61. The quantitative estimate of drug-likeness (QED) is 0.812. The van der Waals surface area contributed by atoms with E-state index in [2.05, 4.69) is 10.6 Å². The second-order valence-corrected chi connectivity index (χ2v) is 6.29. The molecule has 2 amide bonds. The fourth-order valence-electron chi connectivity index (χ4n) is 2.61. The van der Waals surface area contributed by atoms with Crippen LogP contribution in [0, 0.1) is 6.92 Å². The lowest BCUT2D eigenvalue weighted by atomic mass is 10.1. The molecular formula is C20H25N3O2. The monoisotopic (exact) mass is 339 g/mol. The van der Waals surface area contributed by atoms with Crippen LogP contribution in [0.25, 0.3) is 0 Å². The molecule has 1 atom stereocenters. The molecule has 0 aliphatic heterocycles. The first-order valence-corrected chi connectivity index (χ1v) is 8.30. The average molecular weight is 339 g/mol. The molecule has 2 aromatic rings. The fraction of sp³-hybridized carbons (Fsp3) is 0.300. The van der Waals surface area contributed by atoms with E-state index < -0.39 is 0 Å². The lowest BCUT2D eigenvalue weighted by Gasteiger charge is -2.23. The van der Waals surface area contributed by atoms with Crippen molar-refractivity contribution in [3.8, 4) is 0 Å². The Morgan fingerprint density at radius 2 is 1.64 bits per heavy atom. The van der Waals surface area contributed by atoms with Crippen LogP contribution in [0.5, 0.6) is 0 Å². The van der Waals surface area contributed by atoms with Gasteiger partial charge in [0, 0.05) is 12.1 Å². The van der Waals surface area contributed by atoms with Crippen molar-refractivity contribution in [3.63, 3.8) is 0 Å². The van der Waals surface area contributed by atoms with Gasteiger partial charge in [0.2, 0.25) is 5.91 Å². The van der Waals surface area contributed by atoms with Crippen LogP contribution in [0.1, 0.15) is 27.5 Å². The maximum atomic E-state index is 12.3. The number of benzene rings is 2. The molecule has 25 heavy (non-hydrogen) atoms. The highest BCUT2D eigenvalue weighted by molar-refractivity contribution is 5.97. The minimum Gasteiger partial charge on any atom is -0.346 e. The van der Waals surface area contributed by atoms with Gasteiger partial charge in [-0.15, -0.1) is 0 Å². The van der Waals surface area contributed by atoms with Crippen molar-refractivity contribution in [2.24, 2.45) is 0 Å². The van der Waals surface area contributed by atoms with Crippen molar-refractivity contribution in [2.45, 2.75) is 13.0 Å². The number of amides is 2. The number of likely N-dealkylation sites (N-methyl/N-ethyl adjacent to an activating group) is 1. The molecular weight excluding hydrogens is 314 g/mol. The summed E-state index contributed by atoms with van der Waals surface area (Å²) in [4.78, 5) is 26.5. The first kappa shape index (κ1) is 18.7. The van der Waals surface area contributed by atoms with Gasteiger partial charge in [0.25, 0.3) is 5.91 Å². The third-order valence-corrected chi connectivity index (χ3v) is 3.88. The van der Waals surface area contributed by atoms with Crippen LogP contribution in [-0.2, 0) is 4.79 Å². The second-order valence-electron chi connectivity index (χ2n) is 6.29. The van der Waals surface area contributed by atoms with Crippen molar-refractivity contribution in [2.75, 3.05) is 27.2 Å². The molecule has 5 heteroatoms. The molecule has 0 aliphatic carbocycles. The molecule has 0 saturated heterocycles. The molecule has 0 spiro atoms. The maximum Gasteiger partial charge on any atom is 0.251 e. The molecule has 0 aromatic heterocycles. The number of hydrogen-bond acceptors (Lipinski definition) is 3. The van der Waals surface area contributed by atoms with Gasteiger partial charge in [-0.25, -0.2) is 0 Å². The van der Waals surface area contributed by atoms with Crippen molar-refractivity contribution in [1.82, 2.24) is 15.5 Å². The Hall–Kier alpha value is -2.66. The molecule has 2 N–H and O–H groups in total. The SMILES string of the molecule is Cc1ccccc1C(=O)NCC(=O)NC(CN(C)C)c1ccccc1. The molecule has 5 nitrogen and oxygen atoms in total. The number of carbonyl (C=O) groups excluding carboxylic acids is 2. The molecule has 0 aliphatic rings. The minimum atomic E-state index is -0.239. The highest BCUT2D eigenvalue weighted by Crippen LogP contribution is 2.13. The van der Waals surface area contributed by atoms with Crippen LogP contribution < -0.4 is 10.6 Å². The second kappa shape index (κ2) is 8.99. The highest BCUT2D eigenvalue weighted by Gasteiger charge is 2.16. The summed E-state index contributed by atoms with van der Waals surface area (Å²) in [6, 6.07) is 17.0. The Labute approximate surface area is 149 Å². The van der Waals surface area contributed by atoms with Crippen molar-refractivity contribution >= 4 is 11.8 Å². The minimum absolute atomic E-state index is 0.0517. The smallest absolute Gasteiger partial charge is 0.251 e. The van der Waals surface area contributed by atoms with Gasteiger partial charge >= 0.3 is 0 Å². The number of nitrogens with one attached hydrogen (secondary N) is 2. The number of aryl methyl sites for hydroxylation is 1. The van der Waals surface area contributed by atoms with E-state index >= 15 is 0 Å². The zero-order chi connectivity index (χ0) is 18.2. The van der Waals surface area contributed by atoms with Gasteiger partial charge in [-0.1, -0.05) is 48.5 Å². The molecule has 2 aromatic carbocycles. The summed E-state index contributed by atoms with van der Waals surface area (Å²) < 4.78 is 0. The number of hydrogen-bond donors (Lipinski definition) is 2. The van der Waals surface area contributed by atoms with Crippen molar-refractivity contribution < 1.29 is 9.59 Å². The molecule has 0 bridgehead atoms. The summed E-state index contributed by atoms with van der Waals surface area (Å²) in [6.45, 7) is 2.50. The van der Waals surface area contributed by atoms with Gasteiger partial charge in [0.1, 0.15) is 0 Å². The molecule has 0 radical (unpaired) electrons.